The van der Waals surface area contributed by atoms with E-state index >= 15 is 0 Å². The zero-order valence-corrected chi connectivity index (χ0v) is 11.4. The molecule has 18 heavy (non-hydrogen) atoms. The van der Waals surface area contributed by atoms with Crippen LogP contribution in [-0.4, -0.2) is 29.7 Å². The van der Waals surface area contributed by atoms with Crippen molar-refractivity contribution in [1.82, 2.24) is 9.97 Å². The topological polar surface area (TPSA) is 61.0 Å². The van der Waals surface area contributed by atoms with Gasteiger partial charge < -0.3 is 10.5 Å². The minimum Gasteiger partial charge on any atom is -0.381 e. The van der Waals surface area contributed by atoms with Crippen molar-refractivity contribution >= 4 is 0 Å². The molecular weight excluding hydrogens is 226 g/mol. The predicted molar refractivity (Wildman–Crippen MR) is 71.5 cm³/mol. The number of aryl methyl sites for hydroxylation is 2. The Bertz CT molecular complexity index is 406. The quantitative estimate of drug-likeness (QED) is 0.802. The van der Waals surface area contributed by atoms with E-state index in [0.717, 1.165) is 50.4 Å². The molecule has 0 amide bonds. The van der Waals surface area contributed by atoms with Gasteiger partial charge in [-0.1, -0.05) is 0 Å². The van der Waals surface area contributed by atoms with Crippen molar-refractivity contribution < 1.29 is 4.74 Å². The molecule has 1 heterocycles. The van der Waals surface area contributed by atoms with Gasteiger partial charge in [0.05, 0.1) is 6.61 Å². The van der Waals surface area contributed by atoms with Crippen LogP contribution in [0.5, 0.6) is 0 Å². The number of aromatic nitrogens is 2. The van der Waals surface area contributed by atoms with Crippen molar-refractivity contribution in [3.63, 3.8) is 0 Å². The van der Waals surface area contributed by atoms with Crippen LogP contribution in [0.25, 0.3) is 0 Å². The summed E-state index contributed by atoms with van der Waals surface area (Å²) in [5.41, 5.74) is 9.46. The summed E-state index contributed by atoms with van der Waals surface area (Å²) in [5, 5.41) is 0. The fraction of sp³-hybridized carbons (Fsp3) is 0.714. The number of ether oxygens (including phenoxy) is 1. The van der Waals surface area contributed by atoms with Gasteiger partial charge in [-0.15, -0.1) is 0 Å². The van der Waals surface area contributed by atoms with Crippen LogP contribution < -0.4 is 5.73 Å². The van der Waals surface area contributed by atoms with E-state index in [1.54, 1.807) is 0 Å². The lowest BCUT2D eigenvalue weighted by molar-refractivity contribution is 0.149. The Hall–Kier alpha value is -1.00. The summed E-state index contributed by atoms with van der Waals surface area (Å²) in [5.74, 6) is 1.53. The van der Waals surface area contributed by atoms with Crippen LogP contribution in [0.15, 0.2) is 0 Å². The van der Waals surface area contributed by atoms with Crippen molar-refractivity contribution in [3.05, 3.63) is 22.8 Å². The Morgan fingerprint density at radius 3 is 2.94 bits per heavy atom. The second kappa shape index (κ2) is 6.25. The molecule has 0 aliphatic heterocycles. The lowest BCUT2D eigenvalue weighted by Crippen LogP contribution is -2.24. The first-order chi connectivity index (χ1) is 8.74. The van der Waals surface area contributed by atoms with E-state index in [4.69, 9.17) is 10.5 Å². The number of nitrogens with zero attached hydrogens (tertiary/aromatic N) is 2. The molecule has 0 radical (unpaired) electrons. The Kier molecular flexibility index (Phi) is 4.66. The van der Waals surface area contributed by atoms with Gasteiger partial charge in [0.15, 0.2) is 0 Å². The van der Waals surface area contributed by atoms with Crippen molar-refractivity contribution in [1.29, 1.82) is 0 Å². The number of hydrogen-bond donors (Lipinski definition) is 1. The van der Waals surface area contributed by atoms with E-state index in [-0.39, 0.29) is 0 Å². The highest BCUT2D eigenvalue weighted by Crippen LogP contribution is 2.25. The van der Waals surface area contributed by atoms with Gasteiger partial charge in [-0.25, -0.2) is 9.97 Å². The monoisotopic (exact) mass is 249 g/mol. The van der Waals surface area contributed by atoms with Gasteiger partial charge in [-0.3, -0.25) is 0 Å². The first-order valence-corrected chi connectivity index (χ1v) is 6.87. The summed E-state index contributed by atoms with van der Waals surface area (Å²) in [6, 6.07) is 0. The van der Waals surface area contributed by atoms with E-state index in [9.17, 15) is 0 Å². The molecule has 1 aliphatic carbocycles. The molecule has 0 aromatic carbocycles. The summed E-state index contributed by atoms with van der Waals surface area (Å²) in [7, 11) is 0. The van der Waals surface area contributed by atoms with E-state index in [1.807, 2.05) is 6.92 Å². The average molecular weight is 249 g/mol. The minimum absolute atomic E-state index is 0.606. The van der Waals surface area contributed by atoms with E-state index in [0.29, 0.717) is 12.5 Å². The van der Waals surface area contributed by atoms with Gasteiger partial charge in [0.1, 0.15) is 5.82 Å². The van der Waals surface area contributed by atoms with Gasteiger partial charge in [-0.2, -0.15) is 0 Å². The Morgan fingerprint density at radius 1 is 1.39 bits per heavy atom. The number of hydrogen-bond acceptors (Lipinski definition) is 4. The SMILES string of the molecule is CCOCCc1nc(C)c2c(n1)CCC(CN)C2. The van der Waals surface area contributed by atoms with Crippen LogP contribution in [0.2, 0.25) is 0 Å². The summed E-state index contributed by atoms with van der Waals surface area (Å²) < 4.78 is 5.36. The van der Waals surface area contributed by atoms with Crippen molar-refractivity contribution in [2.24, 2.45) is 11.7 Å². The Morgan fingerprint density at radius 2 is 2.22 bits per heavy atom. The molecule has 0 fully saturated rings. The third-order valence-electron chi connectivity index (χ3n) is 3.64. The molecule has 1 aromatic heterocycles. The van der Waals surface area contributed by atoms with E-state index < -0.39 is 0 Å². The highest BCUT2D eigenvalue weighted by atomic mass is 16.5. The van der Waals surface area contributed by atoms with Crippen molar-refractivity contribution in [2.45, 2.75) is 39.5 Å². The molecule has 0 saturated heterocycles. The predicted octanol–water partition coefficient (Wildman–Crippen LogP) is 1.43. The first kappa shape index (κ1) is 13.4. The number of rotatable bonds is 5. The van der Waals surface area contributed by atoms with Gasteiger partial charge in [0.2, 0.25) is 0 Å². The normalized spacial score (nSPS) is 18.7. The van der Waals surface area contributed by atoms with Gasteiger partial charge in [0, 0.05) is 24.4 Å². The molecular formula is C14H23N3O. The second-order valence-corrected chi connectivity index (χ2v) is 4.94. The van der Waals surface area contributed by atoms with Crippen LogP contribution in [0.3, 0.4) is 0 Å². The van der Waals surface area contributed by atoms with Crippen LogP contribution in [-0.2, 0) is 24.0 Å². The van der Waals surface area contributed by atoms with Crippen LogP contribution in [0.4, 0.5) is 0 Å². The molecule has 4 heteroatoms. The lowest BCUT2D eigenvalue weighted by atomic mass is 9.86. The second-order valence-electron chi connectivity index (χ2n) is 4.94. The largest absolute Gasteiger partial charge is 0.381 e. The number of nitrogens with two attached hydrogens (primary N) is 1. The molecule has 1 aliphatic rings. The first-order valence-electron chi connectivity index (χ1n) is 6.87. The van der Waals surface area contributed by atoms with Crippen LogP contribution in [0, 0.1) is 12.8 Å². The fourth-order valence-electron chi connectivity index (χ4n) is 2.54. The molecule has 100 valence electrons. The molecule has 1 atom stereocenters. The molecule has 2 rings (SSSR count). The molecule has 1 unspecified atom stereocenters. The maximum Gasteiger partial charge on any atom is 0.131 e. The zero-order chi connectivity index (χ0) is 13.0. The molecule has 1 aromatic rings. The smallest absolute Gasteiger partial charge is 0.131 e. The van der Waals surface area contributed by atoms with Gasteiger partial charge >= 0.3 is 0 Å². The Balaban J connectivity index is 2.11. The maximum absolute atomic E-state index is 5.76. The summed E-state index contributed by atoms with van der Waals surface area (Å²) >= 11 is 0. The summed E-state index contributed by atoms with van der Waals surface area (Å²) in [4.78, 5) is 9.28. The standard InChI is InChI=1S/C14H23N3O/c1-3-18-7-6-14-16-10(2)12-8-11(9-15)4-5-13(12)17-14/h11H,3-9,15H2,1-2H3. The molecule has 0 bridgehead atoms. The molecule has 4 nitrogen and oxygen atoms in total. The highest BCUT2D eigenvalue weighted by molar-refractivity contribution is 5.28. The molecule has 0 spiro atoms. The fourth-order valence-corrected chi connectivity index (χ4v) is 2.54. The molecule has 0 saturated carbocycles. The molecule has 2 N–H and O–H groups in total. The third kappa shape index (κ3) is 3.06. The lowest BCUT2D eigenvalue weighted by Gasteiger charge is -2.24. The van der Waals surface area contributed by atoms with Gasteiger partial charge in [-0.05, 0) is 51.1 Å². The zero-order valence-electron chi connectivity index (χ0n) is 11.4. The summed E-state index contributed by atoms with van der Waals surface area (Å²) in [6.07, 6.45) is 4.05. The van der Waals surface area contributed by atoms with E-state index in [2.05, 4.69) is 16.9 Å². The van der Waals surface area contributed by atoms with Crippen molar-refractivity contribution in [3.8, 4) is 0 Å². The Labute approximate surface area is 109 Å². The van der Waals surface area contributed by atoms with Crippen molar-refractivity contribution in [2.75, 3.05) is 19.8 Å². The van der Waals surface area contributed by atoms with E-state index in [1.165, 1.54) is 11.3 Å². The maximum atomic E-state index is 5.76. The third-order valence-corrected chi connectivity index (χ3v) is 3.64. The van der Waals surface area contributed by atoms with Crippen LogP contribution in [0.1, 0.15) is 36.1 Å². The minimum atomic E-state index is 0.606. The summed E-state index contributed by atoms with van der Waals surface area (Å²) in [6.45, 7) is 6.32. The highest BCUT2D eigenvalue weighted by Gasteiger charge is 2.21. The number of fused-ring (bicyclic) bond motifs is 1. The van der Waals surface area contributed by atoms with Crippen LogP contribution >= 0.6 is 0 Å². The van der Waals surface area contributed by atoms with Gasteiger partial charge in [0.25, 0.3) is 0 Å². The average Bonchev–Trinajstić information content (AvgIpc) is 2.39.